The Kier molecular flexibility index (Phi) is 3.27. The zero-order chi connectivity index (χ0) is 10.7. The number of benzene rings is 1. The first-order chi connectivity index (χ1) is 7.35. The summed E-state index contributed by atoms with van der Waals surface area (Å²) in [6, 6.07) is 8.15. The van der Waals surface area contributed by atoms with Gasteiger partial charge in [-0.3, -0.25) is 0 Å². The molecule has 82 valence electrons. The van der Waals surface area contributed by atoms with Gasteiger partial charge in [0.05, 0.1) is 6.61 Å². The van der Waals surface area contributed by atoms with E-state index in [9.17, 15) is 5.11 Å². The minimum absolute atomic E-state index is 0.136. The third kappa shape index (κ3) is 2.51. The summed E-state index contributed by atoms with van der Waals surface area (Å²) in [5.74, 6) is 0.886. The van der Waals surface area contributed by atoms with Gasteiger partial charge in [-0.05, 0) is 31.7 Å². The second kappa shape index (κ2) is 4.67. The van der Waals surface area contributed by atoms with Gasteiger partial charge in [-0.1, -0.05) is 18.2 Å². The van der Waals surface area contributed by atoms with Gasteiger partial charge >= 0.3 is 0 Å². The molecule has 0 aliphatic heterocycles. The number of anilines is 1. The van der Waals surface area contributed by atoms with Crippen molar-refractivity contribution in [3.63, 3.8) is 0 Å². The lowest BCUT2D eigenvalue weighted by molar-refractivity contribution is 0.282. The van der Waals surface area contributed by atoms with Gasteiger partial charge in [-0.15, -0.1) is 0 Å². The normalized spacial score (nSPS) is 15.3. The van der Waals surface area contributed by atoms with E-state index in [2.05, 4.69) is 17.9 Å². The Morgan fingerprint density at radius 1 is 1.33 bits per heavy atom. The van der Waals surface area contributed by atoms with Crippen LogP contribution in [0.3, 0.4) is 0 Å². The molecule has 1 aliphatic rings. The molecular formula is C13H19NO. The van der Waals surface area contributed by atoms with Gasteiger partial charge in [-0.2, -0.15) is 0 Å². The van der Waals surface area contributed by atoms with Crippen molar-refractivity contribution >= 4 is 5.69 Å². The van der Waals surface area contributed by atoms with E-state index in [1.807, 2.05) is 18.2 Å². The van der Waals surface area contributed by atoms with E-state index in [1.54, 1.807) is 0 Å². The summed E-state index contributed by atoms with van der Waals surface area (Å²) in [6.45, 7) is 4.48. The number of aliphatic hydroxyl groups is 1. The highest BCUT2D eigenvalue weighted by Crippen LogP contribution is 2.32. The van der Waals surface area contributed by atoms with Crippen LogP contribution in [0.2, 0.25) is 0 Å². The summed E-state index contributed by atoms with van der Waals surface area (Å²) in [5.41, 5.74) is 2.24. The van der Waals surface area contributed by atoms with Gasteiger partial charge in [0, 0.05) is 24.3 Å². The molecule has 0 heterocycles. The topological polar surface area (TPSA) is 23.5 Å². The Labute approximate surface area is 91.5 Å². The van der Waals surface area contributed by atoms with Crippen LogP contribution in [0.25, 0.3) is 0 Å². The molecule has 2 rings (SSSR count). The predicted molar refractivity (Wildman–Crippen MR) is 63.0 cm³/mol. The summed E-state index contributed by atoms with van der Waals surface area (Å²) in [4.78, 5) is 2.38. The quantitative estimate of drug-likeness (QED) is 0.798. The molecule has 1 fully saturated rings. The molecule has 0 bridgehead atoms. The Hall–Kier alpha value is -1.02. The molecule has 1 N–H and O–H groups in total. The molecule has 0 atom stereocenters. The molecule has 1 saturated carbocycles. The van der Waals surface area contributed by atoms with Gasteiger partial charge in [-0.25, -0.2) is 0 Å². The second-order valence-corrected chi connectivity index (χ2v) is 4.27. The van der Waals surface area contributed by atoms with Crippen LogP contribution < -0.4 is 4.90 Å². The van der Waals surface area contributed by atoms with Crippen LogP contribution in [-0.4, -0.2) is 18.2 Å². The highest BCUT2D eigenvalue weighted by Gasteiger charge is 2.24. The van der Waals surface area contributed by atoms with Gasteiger partial charge in [0.25, 0.3) is 0 Å². The molecule has 0 radical (unpaired) electrons. The number of nitrogens with zero attached hydrogens (tertiary/aromatic N) is 1. The van der Waals surface area contributed by atoms with Crippen LogP contribution in [0, 0.1) is 5.92 Å². The fourth-order valence-corrected chi connectivity index (χ4v) is 1.96. The van der Waals surface area contributed by atoms with Crippen LogP contribution in [0.4, 0.5) is 5.69 Å². The Bertz CT molecular complexity index is 320. The zero-order valence-corrected chi connectivity index (χ0v) is 9.32. The number of aliphatic hydroxyl groups excluding tert-OH is 1. The van der Waals surface area contributed by atoms with Gasteiger partial charge in [0.1, 0.15) is 0 Å². The third-order valence-corrected chi connectivity index (χ3v) is 3.06. The Morgan fingerprint density at radius 2 is 2.07 bits per heavy atom. The van der Waals surface area contributed by atoms with E-state index in [1.165, 1.54) is 18.5 Å². The fraction of sp³-hybridized carbons (Fsp3) is 0.538. The molecule has 1 aromatic carbocycles. The largest absolute Gasteiger partial charge is 0.392 e. The highest BCUT2D eigenvalue weighted by atomic mass is 16.3. The second-order valence-electron chi connectivity index (χ2n) is 4.27. The lowest BCUT2D eigenvalue weighted by Crippen LogP contribution is -2.26. The first kappa shape index (κ1) is 10.5. The molecule has 0 spiro atoms. The molecule has 0 amide bonds. The smallest absolute Gasteiger partial charge is 0.0702 e. The van der Waals surface area contributed by atoms with Crippen molar-refractivity contribution in [2.45, 2.75) is 26.4 Å². The van der Waals surface area contributed by atoms with Crippen molar-refractivity contribution in [1.82, 2.24) is 0 Å². The zero-order valence-electron chi connectivity index (χ0n) is 9.32. The van der Waals surface area contributed by atoms with Gasteiger partial charge in [0.2, 0.25) is 0 Å². The average Bonchev–Trinajstić information content (AvgIpc) is 3.10. The van der Waals surface area contributed by atoms with Crippen LogP contribution in [0.5, 0.6) is 0 Å². The maximum atomic E-state index is 9.29. The standard InChI is InChI=1S/C13H19NO/c1-2-14(9-11-7-8-11)13-6-4-3-5-12(13)10-15/h3-6,11,15H,2,7-10H2,1H3. The SMILES string of the molecule is CCN(CC1CC1)c1ccccc1CO. The van der Waals surface area contributed by atoms with E-state index in [0.717, 1.165) is 24.6 Å². The maximum absolute atomic E-state index is 9.29. The molecule has 0 unspecified atom stereocenters. The molecule has 15 heavy (non-hydrogen) atoms. The molecule has 1 aromatic rings. The first-order valence-corrected chi connectivity index (χ1v) is 5.79. The fourth-order valence-electron chi connectivity index (χ4n) is 1.96. The molecule has 0 saturated heterocycles. The maximum Gasteiger partial charge on any atom is 0.0702 e. The molecule has 0 aromatic heterocycles. The summed E-state index contributed by atoms with van der Waals surface area (Å²) in [5, 5.41) is 9.29. The van der Waals surface area contributed by atoms with Crippen LogP contribution in [0.15, 0.2) is 24.3 Å². The summed E-state index contributed by atoms with van der Waals surface area (Å²) in [7, 11) is 0. The third-order valence-electron chi connectivity index (χ3n) is 3.06. The first-order valence-electron chi connectivity index (χ1n) is 5.79. The molecule has 2 heteroatoms. The number of para-hydroxylation sites is 1. The lowest BCUT2D eigenvalue weighted by Gasteiger charge is -2.25. The number of rotatable bonds is 5. The molecular weight excluding hydrogens is 186 g/mol. The number of hydrogen-bond donors (Lipinski definition) is 1. The van der Waals surface area contributed by atoms with Gasteiger partial charge in [0.15, 0.2) is 0 Å². The van der Waals surface area contributed by atoms with Crippen LogP contribution in [-0.2, 0) is 6.61 Å². The van der Waals surface area contributed by atoms with Crippen molar-refractivity contribution < 1.29 is 5.11 Å². The van der Waals surface area contributed by atoms with E-state index < -0.39 is 0 Å². The summed E-state index contributed by atoms with van der Waals surface area (Å²) >= 11 is 0. The predicted octanol–water partition coefficient (Wildman–Crippen LogP) is 2.42. The molecule has 1 aliphatic carbocycles. The Morgan fingerprint density at radius 3 is 2.67 bits per heavy atom. The highest BCUT2D eigenvalue weighted by molar-refractivity contribution is 5.53. The summed E-state index contributed by atoms with van der Waals surface area (Å²) < 4.78 is 0. The average molecular weight is 205 g/mol. The van der Waals surface area contributed by atoms with E-state index in [4.69, 9.17) is 0 Å². The van der Waals surface area contributed by atoms with Crippen molar-refractivity contribution in [3.8, 4) is 0 Å². The van der Waals surface area contributed by atoms with Gasteiger partial charge < -0.3 is 10.0 Å². The van der Waals surface area contributed by atoms with Crippen molar-refractivity contribution in [3.05, 3.63) is 29.8 Å². The monoisotopic (exact) mass is 205 g/mol. The van der Waals surface area contributed by atoms with Crippen molar-refractivity contribution in [2.75, 3.05) is 18.0 Å². The molecule has 2 nitrogen and oxygen atoms in total. The summed E-state index contributed by atoms with van der Waals surface area (Å²) in [6.07, 6.45) is 2.75. The van der Waals surface area contributed by atoms with E-state index >= 15 is 0 Å². The Balaban J connectivity index is 2.15. The minimum atomic E-state index is 0.136. The van der Waals surface area contributed by atoms with E-state index in [-0.39, 0.29) is 6.61 Å². The number of hydrogen-bond acceptors (Lipinski definition) is 2. The van der Waals surface area contributed by atoms with Crippen molar-refractivity contribution in [1.29, 1.82) is 0 Å². The minimum Gasteiger partial charge on any atom is -0.392 e. The van der Waals surface area contributed by atoms with Crippen LogP contribution >= 0.6 is 0 Å². The van der Waals surface area contributed by atoms with Crippen LogP contribution in [0.1, 0.15) is 25.3 Å². The van der Waals surface area contributed by atoms with Crippen molar-refractivity contribution in [2.24, 2.45) is 5.92 Å². The lowest BCUT2D eigenvalue weighted by atomic mass is 10.1. The van der Waals surface area contributed by atoms with E-state index in [0.29, 0.717) is 0 Å².